The van der Waals surface area contributed by atoms with Gasteiger partial charge in [-0.1, -0.05) is 12.1 Å². The summed E-state index contributed by atoms with van der Waals surface area (Å²) in [5.74, 6) is 0.912. The van der Waals surface area contributed by atoms with Gasteiger partial charge in [-0.15, -0.1) is 0 Å². The first-order valence-electron chi connectivity index (χ1n) is 8.12. The van der Waals surface area contributed by atoms with Crippen molar-refractivity contribution in [2.45, 2.75) is 33.0 Å². The summed E-state index contributed by atoms with van der Waals surface area (Å²) in [6.45, 7) is 8.52. The fourth-order valence-electron chi connectivity index (χ4n) is 3.12. The quantitative estimate of drug-likeness (QED) is 0.849. The number of aromatic nitrogens is 2. The fourth-order valence-corrected chi connectivity index (χ4v) is 3.12. The molecule has 0 radical (unpaired) electrons. The maximum absolute atomic E-state index is 5.93. The predicted molar refractivity (Wildman–Crippen MR) is 89.7 cm³/mol. The number of methoxy groups -OCH3 is 1. The second-order valence-corrected chi connectivity index (χ2v) is 6.19. The summed E-state index contributed by atoms with van der Waals surface area (Å²) in [6, 6.07) is 10.4. The number of rotatable bonds is 5. The number of ether oxygens (including phenoxy) is 2. The number of morpholine rings is 1. The molecule has 3 rings (SSSR count). The molecule has 1 aliphatic rings. The largest absolute Gasteiger partial charge is 0.497 e. The molecule has 0 N–H and O–H groups in total. The first-order chi connectivity index (χ1) is 11.1. The standard InChI is InChI=1S/C18H25N3O2/c1-14-9-15(2)21(19-14)13-18-12-20(7-8-23-18)11-16-5-4-6-17(10-16)22-3/h4-6,9-10,18H,7-8,11-13H2,1-3H3/t18-/m1/s1. The van der Waals surface area contributed by atoms with E-state index in [1.54, 1.807) is 7.11 Å². The Balaban J connectivity index is 1.60. The van der Waals surface area contributed by atoms with E-state index in [0.717, 1.165) is 44.2 Å². The Kier molecular flexibility index (Phi) is 4.98. The highest BCUT2D eigenvalue weighted by Crippen LogP contribution is 2.17. The van der Waals surface area contributed by atoms with Crippen LogP contribution in [0.3, 0.4) is 0 Å². The molecule has 2 aromatic rings. The highest BCUT2D eigenvalue weighted by molar-refractivity contribution is 5.28. The summed E-state index contributed by atoms with van der Waals surface area (Å²) < 4.78 is 13.3. The van der Waals surface area contributed by atoms with E-state index in [-0.39, 0.29) is 6.10 Å². The molecular weight excluding hydrogens is 290 g/mol. The van der Waals surface area contributed by atoms with Crippen molar-refractivity contribution in [3.05, 3.63) is 47.3 Å². The highest BCUT2D eigenvalue weighted by Gasteiger charge is 2.22. The van der Waals surface area contributed by atoms with Crippen molar-refractivity contribution in [2.24, 2.45) is 0 Å². The SMILES string of the molecule is COc1cccc(CN2CCO[C@@H](Cn3nc(C)cc3C)C2)c1. The van der Waals surface area contributed by atoms with Crippen molar-refractivity contribution in [3.63, 3.8) is 0 Å². The molecule has 0 saturated carbocycles. The van der Waals surface area contributed by atoms with E-state index >= 15 is 0 Å². The summed E-state index contributed by atoms with van der Waals surface area (Å²) in [6.07, 6.45) is 0.187. The number of hydrogen-bond donors (Lipinski definition) is 0. The third-order valence-electron chi connectivity index (χ3n) is 4.24. The van der Waals surface area contributed by atoms with Gasteiger partial charge in [0.05, 0.1) is 32.1 Å². The van der Waals surface area contributed by atoms with Crippen LogP contribution in [0.1, 0.15) is 17.0 Å². The summed E-state index contributed by atoms with van der Waals surface area (Å²) in [5.41, 5.74) is 3.53. The average molecular weight is 315 g/mol. The number of benzene rings is 1. The van der Waals surface area contributed by atoms with Gasteiger partial charge in [-0.2, -0.15) is 5.10 Å². The number of hydrogen-bond acceptors (Lipinski definition) is 4. The molecule has 0 unspecified atom stereocenters. The van der Waals surface area contributed by atoms with Crippen molar-refractivity contribution in [3.8, 4) is 5.75 Å². The van der Waals surface area contributed by atoms with Crippen molar-refractivity contribution in [1.29, 1.82) is 0 Å². The second-order valence-electron chi connectivity index (χ2n) is 6.19. The van der Waals surface area contributed by atoms with Crippen LogP contribution in [0.5, 0.6) is 5.75 Å². The van der Waals surface area contributed by atoms with E-state index in [1.807, 2.05) is 19.1 Å². The van der Waals surface area contributed by atoms with Crippen LogP contribution in [0, 0.1) is 13.8 Å². The normalized spacial score (nSPS) is 19.0. The molecule has 0 spiro atoms. The van der Waals surface area contributed by atoms with E-state index in [4.69, 9.17) is 9.47 Å². The van der Waals surface area contributed by atoms with Gasteiger partial charge in [-0.25, -0.2) is 0 Å². The minimum Gasteiger partial charge on any atom is -0.497 e. The molecule has 124 valence electrons. The molecular formula is C18H25N3O2. The van der Waals surface area contributed by atoms with E-state index in [2.05, 4.69) is 39.8 Å². The first kappa shape index (κ1) is 16.0. The molecule has 2 heterocycles. The molecule has 5 nitrogen and oxygen atoms in total. The molecule has 5 heteroatoms. The lowest BCUT2D eigenvalue weighted by molar-refractivity contribution is -0.0405. The van der Waals surface area contributed by atoms with E-state index in [9.17, 15) is 0 Å². The molecule has 0 bridgehead atoms. The van der Waals surface area contributed by atoms with Gasteiger partial charge in [0.25, 0.3) is 0 Å². The van der Waals surface area contributed by atoms with Gasteiger partial charge in [0.1, 0.15) is 5.75 Å². The van der Waals surface area contributed by atoms with Crippen LogP contribution >= 0.6 is 0 Å². The molecule has 1 fully saturated rings. The van der Waals surface area contributed by atoms with Crippen molar-refractivity contribution in [1.82, 2.24) is 14.7 Å². The predicted octanol–water partition coefficient (Wildman–Crippen LogP) is 2.41. The van der Waals surface area contributed by atoms with Crippen LogP contribution in [0.4, 0.5) is 0 Å². The van der Waals surface area contributed by atoms with Gasteiger partial charge in [0, 0.05) is 25.3 Å². The van der Waals surface area contributed by atoms with Gasteiger partial charge in [0.2, 0.25) is 0 Å². The topological polar surface area (TPSA) is 39.5 Å². The molecule has 23 heavy (non-hydrogen) atoms. The number of nitrogens with zero attached hydrogens (tertiary/aromatic N) is 3. The molecule has 1 saturated heterocycles. The highest BCUT2D eigenvalue weighted by atomic mass is 16.5. The first-order valence-corrected chi connectivity index (χ1v) is 8.12. The van der Waals surface area contributed by atoms with Crippen LogP contribution < -0.4 is 4.74 Å². The Hall–Kier alpha value is -1.85. The summed E-state index contributed by atoms with van der Waals surface area (Å²) in [7, 11) is 1.71. The second kappa shape index (κ2) is 7.15. The Morgan fingerprint density at radius 3 is 2.91 bits per heavy atom. The van der Waals surface area contributed by atoms with Gasteiger partial charge < -0.3 is 9.47 Å². The van der Waals surface area contributed by atoms with Crippen LogP contribution in [0.2, 0.25) is 0 Å². The van der Waals surface area contributed by atoms with Crippen molar-refractivity contribution in [2.75, 3.05) is 26.8 Å². The lowest BCUT2D eigenvalue weighted by Crippen LogP contribution is -2.43. The monoisotopic (exact) mass is 315 g/mol. The third-order valence-corrected chi connectivity index (χ3v) is 4.24. The zero-order valence-corrected chi connectivity index (χ0v) is 14.2. The third kappa shape index (κ3) is 4.12. The Morgan fingerprint density at radius 1 is 1.30 bits per heavy atom. The Labute approximate surface area is 137 Å². The maximum Gasteiger partial charge on any atom is 0.119 e. The lowest BCUT2D eigenvalue weighted by Gasteiger charge is -2.33. The minimum atomic E-state index is 0.187. The van der Waals surface area contributed by atoms with E-state index < -0.39 is 0 Å². The van der Waals surface area contributed by atoms with Gasteiger partial charge >= 0.3 is 0 Å². The zero-order valence-electron chi connectivity index (χ0n) is 14.2. The molecule has 0 amide bonds. The smallest absolute Gasteiger partial charge is 0.119 e. The maximum atomic E-state index is 5.93. The Morgan fingerprint density at radius 2 is 2.17 bits per heavy atom. The summed E-state index contributed by atoms with van der Waals surface area (Å²) >= 11 is 0. The van der Waals surface area contributed by atoms with Crippen LogP contribution in [0.15, 0.2) is 30.3 Å². The minimum absolute atomic E-state index is 0.187. The van der Waals surface area contributed by atoms with Gasteiger partial charge in [0.15, 0.2) is 0 Å². The van der Waals surface area contributed by atoms with Crippen LogP contribution in [-0.4, -0.2) is 47.6 Å². The Bertz CT molecular complexity index is 653. The van der Waals surface area contributed by atoms with Gasteiger partial charge in [-0.3, -0.25) is 9.58 Å². The molecule has 1 aliphatic heterocycles. The van der Waals surface area contributed by atoms with Crippen molar-refractivity contribution < 1.29 is 9.47 Å². The average Bonchev–Trinajstić information content (AvgIpc) is 2.85. The molecule has 1 aromatic heterocycles. The number of aryl methyl sites for hydroxylation is 2. The van der Waals surface area contributed by atoms with Crippen molar-refractivity contribution >= 4 is 0 Å². The lowest BCUT2D eigenvalue weighted by atomic mass is 10.1. The van der Waals surface area contributed by atoms with Crippen LogP contribution in [0.25, 0.3) is 0 Å². The molecule has 1 atom stereocenters. The molecule has 0 aliphatic carbocycles. The fraction of sp³-hybridized carbons (Fsp3) is 0.500. The zero-order chi connectivity index (χ0) is 16.2. The van der Waals surface area contributed by atoms with Crippen LogP contribution in [-0.2, 0) is 17.8 Å². The van der Waals surface area contributed by atoms with E-state index in [1.165, 1.54) is 11.3 Å². The molecule has 1 aromatic carbocycles. The van der Waals surface area contributed by atoms with Gasteiger partial charge in [-0.05, 0) is 37.6 Å². The summed E-state index contributed by atoms with van der Waals surface area (Å²) in [4.78, 5) is 2.44. The van der Waals surface area contributed by atoms with E-state index in [0.29, 0.717) is 0 Å². The summed E-state index contributed by atoms with van der Waals surface area (Å²) in [5, 5.41) is 4.54.